The van der Waals surface area contributed by atoms with Gasteiger partial charge in [-0.15, -0.1) is 0 Å². The minimum absolute atomic E-state index is 0.0181. The molecule has 0 aliphatic rings. The molecule has 21 heavy (non-hydrogen) atoms. The molecule has 0 aliphatic carbocycles. The summed E-state index contributed by atoms with van der Waals surface area (Å²) in [6.07, 6.45) is 0.477. The van der Waals surface area contributed by atoms with Gasteiger partial charge in [0.2, 0.25) is 0 Å². The van der Waals surface area contributed by atoms with Crippen LogP contribution in [0.5, 0.6) is 0 Å². The van der Waals surface area contributed by atoms with Gasteiger partial charge in [0.1, 0.15) is 0 Å². The van der Waals surface area contributed by atoms with E-state index in [-0.39, 0.29) is 18.7 Å². The maximum Gasteiger partial charge on any atom is 0.319 e. The highest BCUT2D eigenvalue weighted by Gasteiger charge is 2.13. The quantitative estimate of drug-likeness (QED) is 0.789. The Labute approximate surface area is 124 Å². The second kappa shape index (κ2) is 7.45. The van der Waals surface area contributed by atoms with Crippen LogP contribution in [-0.2, 0) is 0 Å². The zero-order chi connectivity index (χ0) is 15.1. The van der Waals surface area contributed by atoms with Gasteiger partial charge in [0, 0.05) is 12.3 Å². The van der Waals surface area contributed by atoms with Gasteiger partial charge in [-0.3, -0.25) is 0 Å². The molecular formula is C17H20N2O2. The molecule has 0 spiro atoms. The highest BCUT2D eigenvalue weighted by Crippen LogP contribution is 2.16. The van der Waals surface area contributed by atoms with Gasteiger partial charge in [-0.05, 0) is 36.6 Å². The molecule has 0 unspecified atom stereocenters. The molecule has 4 nitrogen and oxygen atoms in total. The Morgan fingerprint density at radius 1 is 1.14 bits per heavy atom. The number of amides is 2. The maximum absolute atomic E-state index is 12.1. The first-order valence-electron chi connectivity index (χ1n) is 6.99. The van der Waals surface area contributed by atoms with E-state index in [4.69, 9.17) is 5.11 Å². The third-order valence-electron chi connectivity index (χ3n) is 3.20. The Morgan fingerprint density at radius 2 is 1.90 bits per heavy atom. The molecule has 1 atom stereocenters. The van der Waals surface area contributed by atoms with Crippen LogP contribution in [0, 0.1) is 6.92 Å². The van der Waals surface area contributed by atoms with Crippen molar-refractivity contribution in [1.29, 1.82) is 0 Å². The number of carbonyl (C=O) groups excluding carboxylic acids is 1. The summed E-state index contributed by atoms with van der Waals surface area (Å²) in [5.74, 6) is 0. The summed E-state index contributed by atoms with van der Waals surface area (Å²) in [5.41, 5.74) is 2.82. The van der Waals surface area contributed by atoms with Gasteiger partial charge in [-0.1, -0.05) is 42.5 Å². The van der Waals surface area contributed by atoms with Crippen molar-refractivity contribution in [3.8, 4) is 0 Å². The molecule has 0 saturated carbocycles. The fourth-order valence-electron chi connectivity index (χ4n) is 2.18. The van der Waals surface area contributed by atoms with E-state index < -0.39 is 0 Å². The molecule has 2 rings (SSSR count). The molecule has 2 aromatic carbocycles. The number of rotatable bonds is 5. The van der Waals surface area contributed by atoms with Crippen molar-refractivity contribution in [3.63, 3.8) is 0 Å². The number of carbonyl (C=O) groups is 1. The summed E-state index contributed by atoms with van der Waals surface area (Å²) in [6, 6.07) is 16.8. The Morgan fingerprint density at radius 3 is 2.57 bits per heavy atom. The predicted octanol–water partition coefficient (Wildman–Crippen LogP) is 3.24. The van der Waals surface area contributed by atoms with E-state index in [1.807, 2.05) is 61.5 Å². The summed E-state index contributed by atoms with van der Waals surface area (Å²) >= 11 is 0. The predicted molar refractivity (Wildman–Crippen MR) is 84.2 cm³/mol. The zero-order valence-electron chi connectivity index (χ0n) is 12.0. The molecule has 0 saturated heterocycles. The van der Waals surface area contributed by atoms with Crippen LogP contribution in [0.2, 0.25) is 0 Å². The molecule has 4 heteroatoms. The second-order valence-electron chi connectivity index (χ2n) is 4.94. The van der Waals surface area contributed by atoms with Gasteiger partial charge in [0.05, 0.1) is 6.04 Å². The normalized spacial score (nSPS) is 11.7. The van der Waals surface area contributed by atoms with Crippen LogP contribution in [0.15, 0.2) is 54.6 Å². The van der Waals surface area contributed by atoms with Crippen LogP contribution >= 0.6 is 0 Å². The maximum atomic E-state index is 12.1. The highest BCUT2D eigenvalue weighted by atomic mass is 16.3. The van der Waals surface area contributed by atoms with Crippen molar-refractivity contribution in [2.24, 2.45) is 0 Å². The van der Waals surface area contributed by atoms with Crippen molar-refractivity contribution in [2.75, 3.05) is 11.9 Å². The highest BCUT2D eigenvalue weighted by molar-refractivity contribution is 5.89. The third kappa shape index (κ3) is 4.61. The van der Waals surface area contributed by atoms with Gasteiger partial charge >= 0.3 is 6.03 Å². The van der Waals surface area contributed by atoms with Crippen molar-refractivity contribution < 1.29 is 9.90 Å². The lowest BCUT2D eigenvalue weighted by Crippen LogP contribution is -2.33. The van der Waals surface area contributed by atoms with E-state index in [0.717, 1.165) is 16.8 Å². The van der Waals surface area contributed by atoms with Crippen LogP contribution in [0.4, 0.5) is 10.5 Å². The minimum Gasteiger partial charge on any atom is -0.396 e. The van der Waals surface area contributed by atoms with Gasteiger partial charge in [-0.25, -0.2) is 4.79 Å². The van der Waals surface area contributed by atoms with Crippen molar-refractivity contribution in [2.45, 2.75) is 19.4 Å². The number of aliphatic hydroxyl groups is 1. The van der Waals surface area contributed by atoms with Crippen LogP contribution in [0.25, 0.3) is 0 Å². The van der Waals surface area contributed by atoms with Crippen molar-refractivity contribution in [1.82, 2.24) is 5.32 Å². The summed E-state index contributed by atoms with van der Waals surface area (Å²) in [4.78, 5) is 12.1. The largest absolute Gasteiger partial charge is 0.396 e. The van der Waals surface area contributed by atoms with Crippen molar-refractivity contribution >= 4 is 11.7 Å². The number of nitrogens with one attached hydrogen (secondary N) is 2. The van der Waals surface area contributed by atoms with Gasteiger partial charge in [0.15, 0.2) is 0 Å². The number of urea groups is 1. The van der Waals surface area contributed by atoms with Gasteiger partial charge in [0.25, 0.3) is 0 Å². The SMILES string of the molecule is Cc1cccc(NC(=O)N[C@H](CCO)c2ccccc2)c1. The number of aryl methyl sites for hydroxylation is 1. The van der Waals surface area contributed by atoms with Crippen LogP contribution in [-0.4, -0.2) is 17.7 Å². The lowest BCUT2D eigenvalue weighted by molar-refractivity contribution is 0.239. The van der Waals surface area contributed by atoms with E-state index >= 15 is 0 Å². The number of anilines is 1. The lowest BCUT2D eigenvalue weighted by atomic mass is 10.0. The topological polar surface area (TPSA) is 61.4 Å². The molecule has 2 amide bonds. The monoisotopic (exact) mass is 284 g/mol. The molecule has 2 aromatic rings. The Balaban J connectivity index is 2.02. The second-order valence-corrected chi connectivity index (χ2v) is 4.94. The molecule has 0 aromatic heterocycles. The van der Waals surface area contributed by atoms with Gasteiger partial charge < -0.3 is 15.7 Å². The number of hydrogen-bond donors (Lipinski definition) is 3. The average molecular weight is 284 g/mol. The van der Waals surface area contributed by atoms with Crippen LogP contribution < -0.4 is 10.6 Å². The third-order valence-corrected chi connectivity index (χ3v) is 3.20. The summed E-state index contributed by atoms with van der Waals surface area (Å²) in [6.45, 7) is 1.99. The van der Waals surface area contributed by atoms with Gasteiger partial charge in [-0.2, -0.15) is 0 Å². The molecular weight excluding hydrogens is 264 g/mol. The zero-order valence-corrected chi connectivity index (χ0v) is 12.0. The number of benzene rings is 2. The first-order valence-corrected chi connectivity index (χ1v) is 6.99. The van der Waals surface area contributed by atoms with E-state index in [0.29, 0.717) is 6.42 Å². The Bertz CT molecular complexity index is 584. The van der Waals surface area contributed by atoms with E-state index in [9.17, 15) is 4.79 Å². The number of hydrogen-bond acceptors (Lipinski definition) is 2. The van der Waals surface area contributed by atoms with Crippen molar-refractivity contribution in [3.05, 3.63) is 65.7 Å². The summed E-state index contributed by atoms with van der Waals surface area (Å²) in [7, 11) is 0. The molecule has 3 N–H and O–H groups in total. The molecule has 0 heterocycles. The van der Waals surface area contributed by atoms with E-state index in [2.05, 4.69) is 10.6 Å². The standard InChI is InChI=1S/C17H20N2O2/c1-13-6-5-9-15(12-13)18-17(21)19-16(10-11-20)14-7-3-2-4-8-14/h2-9,12,16,20H,10-11H2,1H3,(H2,18,19,21)/t16-/m1/s1. The minimum atomic E-state index is -0.275. The summed E-state index contributed by atoms with van der Waals surface area (Å²) in [5, 5.41) is 14.9. The molecule has 0 bridgehead atoms. The van der Waals surface area contributed by atoms with E-state index in [1.165, 1.54) is 0 Å². The Kier molecular flexibility index (Phi) is 5.35. The van der Waals surface area contributed by atoms with Crippen LogP contribution in [0.1, 0.15) is 23.6 Å². The molecule has 110 valence electrons. The Hall–Kier alpha value is -2.33. The lowest BCUT2D eigenvalue weighted by Gasteiger charge is -2.18. The fourth-order valence-corrected chi connectivity index (χ4v) is 2.18. The van der Waals surface area contributed by atoms with Crippen LogP contribution in [0.3, 0.4) is 0 Å². The fraction of sp³-hybridized carbons (Fsp3) is 0.235. The molecule has 0 radical (unpaired) electrons. The first-order chi connectivity index (χ1) is 10.2. The number of aliphatic hydroxyl groups excluding tert-OH is 1. The van der Waals surface area contributed by atoms with E-state index in [1.54, 1.807) is 0 Å². The molecule has 0 aliphatic heterocycles. The smallest absolute Gasteiger partial charge is 0.319 e. The molecule has 0 fully saturated rings. The first kappa shape index (κ1) is 15.1. The average Bonchev–Trinajstić information content (AvgIpc) is 2.47. The summed E-state index contributed by atoms with van der Waals surface area (Å²) < 4.78 is 0.